The summed E-state index contributed by atoms with van der Waals surface area (Å²) in [6.07, 6.45) is 0. The number of nitro benzene ring substituents is 1. The first kappa shape index (κ1) is 12.8. The lowest BCUT2D eigenvalue weighted by Gasteiger charge is -2.45. The van der Waals surface area contributed by atoms with E-state index in [0.29, 0.717) is 0 Å². The number of piperazine rings is 1. The summed E-state index contributed by atoms with van der Waals surface area (Å²) >= 11 is 0. The Kier molecular flexibility index (Phi) is 3.26. The van der Waals surface area contributed by atoms with Gasteiger partial charge >= 0.3 is 0 Å². The summed E-state index contributed by atoms with van der Waals surface area (Å²) in [6, 6.07) is 5.09. The number of hydrogen-bond donors (Lipinski definition) is 1. The molecule has 1 heterocycles. The molecule has 2 rings (SSSR count). The van der Waals surface area contributed by atoms with E-state index in [1.807, 2.05) is 13.0 Å². The van der Waals surface area contributed by atoms with Gasteiger partial charge in [0.15, 0.2) is 0 Å². The number of rotatable bonds is 2. The lowest BCUT2D eigenvalue weighted by Crippen LogP contribution is -2.58. The monoisotopic (exact) mass is 249 g/mol. The van der Waals surface area contributed by atoms with Crippen molar-refractivity contribution in [3.05, 3.63) is 33.9 Å². The van der Waals surface area contributed by atoms with E-state index in [2.05, 4.69) is 24.1 Å². The van der Waals surface area contributed by atoms with Crippen molar-refractivity contribution in [2.24, 2.45) is 0 Å². The van der Waals surface area contributed by atoms with Crippen LogP contribution in [-0.2, 0) is 0 Å². The van der Waals surface area contributed by atoms with Gasteiger partial charge in [-0.15, -0.1) is 0 Å². The Morgan fingerprint density at radius 3 is 2.72 bits per heavy atom. The molecule has 1 aromatic carbocycles. The minimum absolute atomic E-state index is 0.0269. The molecule has 1 aliphatic rings. The molecule has 0 amide bonds. The van der Waals surface area contributed by atoms with Crippen LogP contribution in [0.5, 0.6) is 0 Å². The van der Waals surface area contributed by atoms with Crippen molar-refractivity contribution in [3.8, 4) is 0 Å². The molecule has 1 aromatic rings. The van der Waals surface area contributed by atoms with Gasteiger partial charge in [-0.05, 0) is 32.4 Å². The average molecular weight is 249 g/mol. The molecule has 0 bridgehead atoms. The van der Waals surface area contributed by atoms with Gasteiger partial charge in [-0.1, -0.05) is 0 Å². The highest BCUT2D eigenvalue weighted by Crippen LogP contribution is 2.30. The highest BCUT2D eigenvalue weighted by Gasteiger charge is 2.30. The van der Waals surface area contributed by atoms with Crippen molar-refractivity contribution in [1.82, 2.24) is 5.32 Å². The van der Waals surface area contributed by atoms with Crippen molar-refractivity contribution in [2.75, 3.05) is 24.5 Å². The molecule has 5 heteroatoms. The van der Waals surface area contributed by atoms with Crippen molar-refractivity contribution in [1.29, 1.82) is 0 Å². The predicted molar refractivity (Wildman–Crippen MR) is 72.1 cm³/mol. The van der Waals surface area contributed by atoms with Crippen LogP contribution < -0.4 is 10.2 Å². The largest absolute Gasteiger partial charge is 0.364 e. The second-order valence-electron chi connectivity index (χ2n) is 5.37. The van der Waals surface area contributed by atoms with Crippen LogP contribution in [0.4, 0.5) is 11.4 Å². The number of aryl methyl sites for hydroxylation is 1. The van der Waals surface area contributed by atoms with E-state index in [0.717, 1.165) is 30.9 Å². The molecule has 0 aromatic heterocycles. The highest BCUT2D eigenvalue weighted by molar-refractivity contribution is 5.59. The quantitative estimate of drug-likeness (QED) is 0.644. The Hall–Kier alpha value is -1.62. The fourth-order valence-electron chi connectivity index (χ4n) is 2.49. The molecule has 5 nitrogen and oxygen atoms in total. The normalized spacial score (nSPS) is 18.7. The lowest BCUT2D eigenvalue weighted by atomic mass is 9.97. The molecule has 0 atom stereocenters. The molecule has 0 aliphatic carbocycles. The Balaban J connectivity index is 2.36. The standard InChI is InChI=1S/C13H19N3O2/c1-10-8-11(16(17)18)4-5-12(10)15-7-6-14-9-13(15,2)3/h4-5,8,14H,6-7,9H2,1-3H3. The van der Waals surface area contributed by atoms with E-state index in [4.69, 9.17) is 0 Å². The molecule has 1 saturated heterocycles. The van der Waals surface area contributed by atoms with Gasteiger partial charge in [0.1, 0.15) is 0 Å². The van der Waals surface area contributed by atoms with Gasteiger partial charge in [0.05, 0.1) is 4.92 Å². The van der Waals surface area contributed by atoms with E-state index in [1.165, 1.54) is 0 Å². The summed E-state index contributed by atoms with van der Waals surface area (Å²) in [6.45, 7) is 9.08. The van der Waals surface area contributed by atoms with Gasteiger partial charge in [-0.2, -0.15) is 0 Å². The number of nitrogens with zero attached hydrogens (tertiary/aromatic N) is 2. The fourth-order valence-corrected chi connectivity index (χ4v) is 2.49. The van der Waals surface area contributed by atoms with Crippen LogP contribution in [0, 0.1) is 17.0 Å². The minimum Gasteiger partial charge on any atom is -0.364 e. The molecule has 0 unspecified atom stereocenters. The molecule has 0 spiro atoms. The maximum Gasteiger partial charge on any atom is 0.269 e. The van der Waals surface area contributed by atoms with Crippen molar-refractivity contribution >= 4 is 11.4 Å². The topological polar surface area (TPSA) is 58.4 Å². The third-order valence-electron chi connectivity index (χ3n) is 3.48. The second kappa shape index (κ2) is 4.57. The molecule has 18 heavy (non-hydrogen) atoms. The zero-order valence-corrected chi connectivity index (χ0v) is 11.1. The van der Waals surface area contributed by atoms with E-state index < -0.39 is 0 Å². The number of nitrogens with one attached hydrogen (secondary N) is 1. The van der Waals surface area contributed by atoms with Crippen molar-refractivity contribution < 1.29 is 4.92 Å². The van der Waals surface area contributed by atoms with E-state index in [1.54, 1.807) is 12.1 Å². The van der Waals surface area contributed by atoms with Gasteiger partial charge in [0, 0.05) is 43.0 Å². The molecule has 1 aliphatic heterocycles. The van der Waals surface area contributed by atoms with Gasteiger partial charge in [-0.3, -0.25) is 10.1 Å². The molecule has 0 saturated carbocycles. The number of benzene rings is 1. The predicted octanol–water partition coefficient (Wildman–Crippen LogP) is 2.09. The van der Waals surface area contributed by atoms with Gasteiger partial charge in [-0.25, -0.2) is 0 Å². The molecule has 1 N–H and O–H groups in total. The maximum absolute atomic E-state index is 10.8. The highest BCUT2D eigenvalue weighted by atomic mass is 16.6. The molecule has 0 radical (unpaired) electrons. The van der Waals surface area contributed by atoms with Crippen LogP contribution in [-0.4, -0.2) is 30.1 Å². The second-order valence-corrected chi connectivity index (χ2v) is 5.37. The number of hydrogen-bond acceptors (Lipinski definition) is 4. The number of anilines is 1. The van der Waals surface area contributed by atoms with Crippen LogP contribution in [0.15, 0.2) is 18.2 Å². The van der Waals surface area contributed by atoms with E-state index in [9.17, 15) is 10.1 Å². The van der Waals surface area contributed by atoms with Crippen LogP contribution in [0.25, 0.3) is 0 Å². The lowest BCUT2D eigenvalue weighted by molar-refractivity contribution is -0.384. The zero-order valence-electron chi connectivity index (χ0n) is 11.1. The minimum atomic E-state index is -0.348. The Morgan fingerprint density at radius 1 is 1.44 bits per heavy atom. The van der Waals surface area contributed by atoms with Crippen LogP contribution in [0.3, 0.4) is 0 Å². The fraction of sp³-hybridized carbons (Fsp3) is 0.538. The maximum atomic E-state index is 10.8. The van der Waals surface area contributed by atoms with Gasteiger partial charge in [0.2, 0.25) is 0 Å². The van der Waals surface area contributed by atoms with Crippen molar-refractivity contribution in [2.45, 2.75) is 26.3 Å². The first-order chi connectivity index (χ1) is 8.42. The third kappa shape index (κ3) is 2.31. The molecular formula is C13H19N3O2. The van der Waals surface area contributed by atoms with E-state index in [-0.39, 0.29) is 16.1 Å². The van der Waals surface area contributed by atoms with Crippen LogP contribution in [0.2, 0.25) is 0 Å². The first-order valence-corrected chi connectivity index (χ1v) is 6.15. The zero-order chi connectivity index (χ0) is 13.3. The van der Waals surface area contributed by atoms with E-state index >= 15 is 0 Å². The molecule has 1 fully saturated rings. The van der Waals surface area contributed by atoms with Gasteiger partial charge in [0.25, 0.3) is 5.69 Å². The molecule has 98 valence electrons. The molecular weight excluding hydrogens is 230 g/mol. The average Bonchev–Trinajstić information content (AvgIpc) is 2.29. The summed E-state index contributed by atoms with van der Waals surface area (Å²) in [5.74, 6) is 0. The summed E-state index contributed by atoms with van der Waals surface area (Å²) in [5, 5.41) is 14.1. The Labute approximate surface area is 107 Å². The summed E-state index contributed by atoms with van der Waals surface area (Å²) < 4.78 is 0. The Morgan fingerprint density at radius 2 is 2.17 bits per heavy atom. The van der Waals surface area contributed by atoms with Crippen LogP contribution in [0.1, 0.15) is 19.4 Å². The number of non-ortho nitro benzene ring substituents is 1. The van der Waals surface area contributed by atoms with Crippen LogP contribution >= 0.6 is 0 Å². The van der Waals surface area contributed by atoms with Crippen molar-refractivity contribution in [3.63, 3.8) is 0 Å². The third-order valence-corrected chi connectivity index (χ3v) is 3.48. The summed E-state index contributed by atoms with van der Waals surface area (Å²) in [7, 11) is 0. The smallest absolute Gasteiger partial charge is 0.269 e. The SMILES string of the molecule is Cc1cc([N+](=O)[O-])ccc1N1CCNCC1(C)C. The Bertz CT molecular complexity index is 471. The summed E-state index contributed by atoms with van der Waals surface area (Å²) in [4.78, 5) is 12.7. The van der Waals surface area contributed by atoms with Gasteiger partial charge < -0.3 is 10.2 Å². The first-order valence-electron chi connectivity index (χ1n) is 6.15. The number of nitro groups is 1. The summed E-state index contributed by atoms with van der Waals surface area (Å²) in [5.41, 5.74) is 2.23.